The van der Waals surface area contributed by atoms with Crippen LogP contribution < -0.4 is 5.32 Å². The van der Waals surface area contributed by atoms with Crippen molar-refractivity contribution in [2.45, 2.75) is 25.8 Å². The number of phenols is 1. The number of amides is 1. The highest BCUT2D eigenvalue weighted by Crippen LogP contribution is 2.21. The summed E-state index contributed by atoms with van der Waals surface area (Å²) in [6.07, 6.45) is 1.31. The average Bonchev–Trinajstić information content (AvgIpc) is 2.29. The largest absolute Gasteiger partial charge is 0.507 e. The van der Waals surface area contributed by atoms with Gasteiger partial charge in [-0.2, -0.15) is 0 Å². The van der Waals surface area contributed by atoms with Gasteiger partial charge in [0, 0.05) is 17.7 Å². The Bertz CT molecular complexity index is 395. The molecule has 1 aromatic rings. The molecule has 0 saturated carbocycles. The summed E-state index contributed by atoms with van der Waals surface area (Å²) in [5, 5.41) is 21.3. The molecule has 0 fully saturated rings. The van der Waals surface area contributed by atoms with Gasteiger partial charge in [0.1, 0.15) is 5.75 Å². The summed E-state index contributed by atoms with van der Waals surface area (Å²) in [4.78, 5) is 11.8. The lowest BCUT2D eigenvalue weighted by Crippen LogP contribution is -2.32. The Morgan fingerprint density at radius 3 is 2.88 bits per heavy atom. The van der Waals surface area contributed by atoms with Crippen LogP contribution in [-0.4, -0.2) is 28.8 Å². The van der Waals surface area contributed by atoms with E-state index >= 15 is 0 Å². The topological polar surface area (TPSA) is 69.6 Å². The Kier molecular flexibility index (Phi) is 5.25. The molecular formula is C12H16ClNO3. The number of carbonyl (C=O) groups is 1. The lowest BCUT2D eigenvalue weighted by Gasteiger charge is -2.13. The van der Waals surface area contributed by atoms with E-state index in [1.165, 1.54) is 18.2 Å². The molecule has 5 heteroatoms. The van der Waals surface area contributed by atoms with Gasteiger partial charge in [-0.05, 0) is 38.0 Å². The molecule has 0 heterocycles. The van der Waals surface area contributed by atoms with Crippen molar-refractivity contribution < 1.29 is 15.0 Å². The number of carbonyl (C=O) groups excluding carboxylic acids is 1. The highest BCUT2D eigenvalue weighted by molar-refractivity contribution is 6.31. The molecule has 4 nitrogen and oxygen atoms in total. The predicted octanol–water partition coefficient (Wildman–Crippen LogP) is 1.94. The van der Waals surface area contributed by atoms with Crippen molar-refractivity contribution in [3.63, 3.8) is 0 Å². The van der Waals surface area contributed by atoms with Crippen molar-refractivity contribution in [1.82, 2.24) is 5.32 Å². The lowest BCUT2D eigenvalue weighted by atomic mass is 10.1. The predicted molar refractivity (Wildman–Crippen MR) is 66.4 cm³/mol. The Hall–Kier alpha value is -1.26. The van der Waals surface area contributed by atoms with Gasteiger partial charge in [0.2, 0.25) is 0 Å². The molecule has 1 rings (SSSR count). The number of phenolic OH excluding ortho intramolecular Hbond substituents is 1. The number of aromatic hydroxyl groups is 1. The molecule has 1 unspecified atom stereocenters. The summed E-state index contributed by atoms with van der Waals surface area (Å²) in [5.41, 5.74) is 0.161. The standard InChI is InChI=1S/C12H16ClNO3/c1-8(3-2-6-15)14-12(17)10-7-9(13)4-5-11(10)16/h4-5,7-8,15-16H,2-3,6H2,1H3,(H,14,17). The van der Waals surface area contributed by atoms with Gasteiger partial charge in [0.05, 0.1) is 5.56 Å². The summed E-state index contributed by atoms with van der Waals surface area (Å²) in [6.45, 7) is 1.94. The zero-order chi connectivity index (χ0) is 12.8. The van der Waals surface area contributed by atoms with E-state index in [0.717, 1.165) is 0 Å². The van der Waals surface area contributed by atoms with E-state index in [2.05, 4.69) is 5.32 Å². The molecule has 0 aliphatic rings. The monoisotopic (exact) mass is 257 g/mol. The summed E-state index contributed by atoms with van der Waals surface area (Å²) >= 11 is 5.76. The first kappa shape index (κ1) is 13.8. The highest BCUT2D eigenvalue weighted by atomic mass is 35.5. The molecule has 0 aromatic heterocycles. The maximum absolute atomic E-state index is 11.8. The van der Waals surface area contributed by atoms with Crippen LogP contribution in [0.3, 0.4) is 0 Å². The van der Waals surface area contributed by atoms with Crippen molar-refractivity contribution in [2.24, 2.45) is 0 Å². The SMILES string of the molecule is CC(CCCO)NC(=O)c1cc(Cl)ccc1O. The zero-order valence-electron chi connectivity index (χ0n) is 9.61. The number of hydrogen-bond acceptors (Lipinski definition) is 3. The van der Waals surface area contributed by atoms with Crippen LogP contribution in [0.5, 0.6) is 5.75 Å². The molecule has 0 aliphatic carbocycles. The third kappa shape index (κ3) is 4.24. The van der Waals surface area contributed by atoms with E-state index in [9.17, 15) is 9.90 Å². The molecule has 3 N–H and O–H groups in total. The summed E-state index contributed by atoms with van der Waals surface area (Å²) in [7, 11) is 0. The minimum atomic E-state index is -0.365. The summed E-state index contributed by atoms with van der Waals surface area (Å²) < 4.78 is 0. The van der Waals surface area contributed by atoms with Crippen LogP contribution >= 0.6 is 11.6 Å². The van der Waals surface area contributed by atoms with Crippen LogP contribution in [0.25, 0.3) is 0 Å². The molecule has 0 spiro atoms. The minimum Gasteiger partial charge on any atom is -0.507 e. The molecular weight excluding hydrogens is 242 g/mol. The van der Waals surface area contributed by atoms with Gasteiger partial charge in [-0.3, -0.25) is 4.79 Å². The maximum Gasteiger partial charge on any atom is 0.255 e. The number of nitrogens with one attached hydrogen (secondary N) is 1. The molecule has 0 bridgehead atoms. The average molecular weight is 258 g/mol. The third-order valence-electron chi connectivity index (χ3n) is 2.38. The van der Waals surface area contributed by atoms with E-state index in [4.69, 9.17) is 16.7 Å². The van der Waals surface area contributed by atoms with Crippen LogP contribution in [0, 0.1) is 0 Å². The molecule has 94 valence electrons. The normalized spacial score (nSPS) is 12.2. The fourth-order valence-corrected chi connectivity index (χ4v) is 1.63. The van der Waals surface area contributed by atoms with Crippen LogP contribution in [0.1, 0.15) is 30.1 Å². The molecule has 0 saturated heterocycles. The van der Waals surface area contributed by atoms with Gasteiger partial charge in [-0.1, -0.05) is 11.6 Å². The Balaban J connectivity index is 2.66. The van der Waals surface area contributed by atoms with Crippen LogP contribution in [-0.2, 0) is 0 Å². The van der Waals surface area contributed by atoms with Gasteiger partial charge in [0.25, 0.3) is 5.91 Å². The van der Waals surface area contributed by atoms with E-state index in [-0.39, 0.29) is 29.9 Å². The Labute approximate surface area is 105 Å². The summed E-state index contributed by atoms with van der Waals surface area (Å²) in [6, 6.07) is 4.26. The van der Waals surface area contributed by atoms with Crippen molar-refractivity contribution >= 4 is 17.5 Å². The van der Waals surface area contributed by atoms with Crippen LogP contribution in [0.15, 0.2) is 18.2 Å². The van der Waals surface area contributed by atoms with Gasteiger partial charge >= 0.3 is 0 Å². The van der Waals surface area contributed by atoms with Crippen molar-refractivity contribution in [3.05, 3.63) is 28.8 Å². The first-order chi connectivity index (χ1) is 8.04. The Morgan fingerprint density at radius 2 is 2.24 bits per heavy atom. The second kappa shape index (κ2) is 6.47. The highest BCUT2D eigenvalue weighted by Gasteiger charge is 2.13. The van der Waals surface area contributed by atoms with Crippen LogP contribution in [0.2, 0.25) is 5.02 Å². The second-order valence-corrected chi connectivity index (χ2v) is 4.34. The smallest absolute Gasteiger partial charge is 0.255 e. The van der Waals surface area contributed by atoms with Crippen molar-refractivity contribution in [1.29, 1.82) is 0 Å². The van der Waals surface area contributed by atoms with E-state index in [1.807, 2.05) is 6.92 Å². The molecule has 0 aliphatic heterocycles. The van der Waals surface area contributed by atoms with Gasteiger partial charge in [-0.25, -0.2) is 0 Å². The fourth-order valence-electron chi connectivity index (χ4n) is 1.46. The number of hydrogen-bond donors (Lipinski definition) is 3. The Morgan fingerprint density at radius 1 is 1.53 bits per heavy atom. The second-order valence-electron chi connectivity index (χ2n) is 3.90. The molecule has 1 aromatic carbocycles. The van der Waals surface area contributed by atoms with Gasteiger partial charge in [-0.15, -0.1) is 0 Å². The molecule has 0 radical (unpaired) electrons. The quantitative estimate of drug-likeness (QED) is 0.755. The van der Waals surface area contributed by atoms with Gasteiger partial charge < -0.3 is 15.5 Å². The van der Waals surface area contributed by atoms with Gasteiger partial charge in [0.15, 0.2) is 0 Å². The molecule has 17 heavy (non-hydrogen) atoms. The maximum atomic E-state index is 11.8. The summed E-state index contributed by atoms with van der Waals surface area (Å²) in [5.74, 6) is -0.461. The molecule has 1 atom stereocenters. The van der Waals surface area contributed by atoms with Crippen molar-refractivity contribution in [2.75, 3.05) is 6.61 Å². The number of halogens is 1. The third-order valence-corrected chi connectivity index (χ3v) is 2.61. The van der Waals surface area contributed by atoms with E-state index < -0.39 is 0 Å². The van der Waals surface area contributed by atoms with Crippen LogP contribution in [0.4, 0.5) is 0 Å². The lowest BCUT2D eigenvalue weighted by molar-refractivity contribution is 0.0933. The number of aliphatic hydroxyl groups is 1. The first-order valence-electron chi connectivity index (χ1n) is 5.45. The number of rotatable bonds is 5. The number of aliphatic hydroxyl groups excluding tert-OH is 1. The van der Waals surface area contributed by atoms with E-state index in [0.29, 0.717) is 17.9 Å². The van der Waals surface area contributed by atoms with E-state index in [1.54, 1.807) is 0 Å². The fraction of sp³-hybridized carbons (Fsp3) is 0.417. The van der Waals surface area contributed by atoms with Crippen molar-refractivity contribution in [3.8, 4) is 5.75 Å². The number of benzene rings is 1. The minimum absolute atomic E-state index is 0.0620. The molecule has 1 amide bonds. The zero-order valence-corrected chi connectivity index (χ0v) is 10.4. The first-order valence-corrected chi connectivity index (χ1v) is 5.82.